The molecule has 0 spiro atoms. The van der Waals surface area contributed by atoms with Crippen LogP contribution in [0.15, 0.2) is 66.7 Å². The van der Waals surface area contributed by atoms with Crippen molar-refractivity contribution in [2.45, 2.75) is 25.9 Å². The number of para-hydroxylation sites is 2. The van der Waals surface area contributed by atoms with E-state index < -0.39 is 0 Å². The molecule has 4 aromatic rings. The maximum absolute atomic E-state index is 12.8. The Hall–Kier alpha value is -2.57. The predicted molar refractivity (Wildman–Crippen MR) is 143 cm³/mol. The molecule has 8 heteroatoms. The van der Waals surface area contributed by atoms with E-state index in [2.05, 4.69) is 39.0 Å². The van der Waals surface area contributed by atoms with Crippen LogP contribution in [-0.4, -0.2) is 33.4 Å². The normalized spacial score (nSPS) is 14.9. The molecule has 0 aliphatic carbocycles. The number of anilines is 1. The molecule has 5 rings (SSSR count). The standard InChI is InChI=1S/C27H25Cl3N4O/c28-20-10-8-18(9-11-20)16-34-24-7-2-1-5-22(24)31-25(34)17-33-14-12-19(13-15-33)27(35)32-23-6-3-4-21(29)26(23)30/h1-11,19H,12-17H2,(H,32,35). The third kappa shape index (κ3) is 5.49. The Balaban J connectivity index is 1.26. The molecule has 1 aliphatic rings. The Morgan fingerprint density at radius 1 is 0.914 bits per heavy atom. The summed E-state index contributed by atoms with van der Waals surface area (Å²) < 4.78 is 2.28. The lowest BCUT2D eigenvalue weighted by Crippen LogP contribution is -2.38. The first kappa shape index (κ1) is 24.1. The average Bonchev–Trinajstić information content (AvgIpc) is 3.20. The molecule has 1 aromatic heterocycles. The van der Waals surface area contributed by atoms with Gasteiger partial charge in [-0.15, -0.1) is 0 Å². The van der Waals surface area contributed by atoms with Crippen molar-refractivity contribution in [1.82, 2.24) is 14.5 Å². The molecule has 1 fully saturated rings. The number of benzene rings is 3. The molecule has 35 heavy (non-hydrogen) atoms. The van der Waals surface area contributed by atoms with Gasteiger partial charge < -0.3 is 9.88 Å². The number of carbonyl (C=O) groups is 1. The van der Waals surface area contributed by atoms with Crippen LogP contribution in [0.1, 0.15) is 24.2 Å². The molecule has 1 aliphatic heterocycles. The Bertz CT molecular complexity index is 1340. The summed E-state index contributed by atoms with van der Waals surface area (Å²) in [6, 6.07) is 21.4. The van der Waals surface area contributed by atoms with Gasteiger partial charge in [-0.25, -0.2) is 4.98 Å². The smallest absolute Gasteiger partial charge is 0.227 e. The van der Waals surface area contributed by atoms with Gasteiger partial charge in [0, 0.05) is 17.5 Å². The molecule has 0 saturated carbocycles. The molecule has 2 heterocycles. The number of fused-ring (bicyclic) bond motifs is 1. The lowest BCUT2D eigenvalue weighted by Gasteiger charge is -2.31. The number of likely N-dealkylation sites (tertiary alicyclic amines) is 1. The number of carbonyl (C=O) groups excluding carboxylic acids is 1. The summed E-state index contributed by atoms with van der Waals surface area (Å²) in [4.78, 5) is 20.1. The second-order valence-electron chi connectivity index (χ2n) is 8.87. The van der Waals surface area contributed by atoms with Gasteiger partial charge in [0.15, 0.2) is 0 Å². The third-order valence-corrected chi connectivity index (χ3v) is 7.59. The SMILES string of the molecule is O=C(Nc1cccc(Cl)c1Cl)C1CCN(Cc2nc3ccccc3n2Cc2ccc(Cl)cc2)CC1. The van der Waals surface area contributed by atoms with Crippen LogP contribution >= 0.6 is 34.8 Å². The minimum Gasteiger partial charge on any atom is -0.324 e. The van der Waals surface area contributed by atoms with Crippen molar-refractivity contribution in [3.8, 4) is 0 Å². The number of piperidine rings is 1. The van der Waals surface area contributed by atoms with Gasteiger partial charge in [-0.3, -0.25) is 9.69 Å². The zero-order valence-electron chi connectivity index (χ0n) is 19.1. The van der Waals surface area contributed by atoms with Crippen LogP contribution in [0, 0.1) is 5.92 Å². The number of hydrogen-bond donors (Lipinski definition) is 1. The maximum atomic E-state index is 12.8. The first-order valence-electron chi connectivity index (χ1n) is 11.6. The predicted octanol–water partition coefficient (Wildman–Crippen LogP) is 6.90. The fourth-order valence-corrected chi connectivity index (χ4v) is 5.06. The lowest BCUT2D eigenvalue weighted by atomic mass is 9.96. The Labute approximate surface area is 219 Å². The number of nitrogens with zero attached hydrogens (tertiary/aromatic N) is 3. The largest absolute Gasteiger partial charge is 0.324 e. The van der Waals surface area contributed by atoms with E-state index in [-0.39, 0.29) is 11.8 Å². The number of halogens is 3. The number of nitrogens with one attached hydrogen (secondary N) is 1. The van der Waals surface area contributed by atoms with Crippen molar-refractivity contribution in [3.63, 3.8) is 0 Å². The van der Waals surface area contributed by atoms with E-state index in [1.165, 1.54) is 5.56 Å². The van der Waals surface area contributed by atoms with Crippen molar-refractivity contribution in [2.75, 3.05) is 18.4 Å². The molecule has 180 valence electrons. The van der Waals surface area contributed by atoms with Crippen molar-refractivity contribution in [2.24, 2.45) is 5.92 Å². The summed E-state index contributed by atoms with van der Waals surface area (Å²) in [6.07, 6.45) is 1.56. The second kappa shape index (κ2) is 10.6. The summed E-state index contributed by atoms with van der Waals surface area (Å²) in [5, 5.41) is 4.48. The fourth-order valence-electron chi connectivity index (χ4n) is 4.58. The molecular formula is C27H25Cl3N4O. The molecule has 5 nitrogen and oxygen atoms in total. The van der Waals surface area contributed by atoms with Gasteiger partial charge in [0.05, 0.1) is 33.3 Å². The maximum Gasteiger partial charge on any atom is 0.227 e. The Morgan fingerprint density at radius 3 is 2.43 bits per heavy atom. The van der Waals surface area contributed by atoms with Gasteiger partial charge in [0.2, 0.25) is 5.91 Å². The Kier molecular flexibility index (Phi) is 7.30. The summed E-state index contributed by atoms with van der Waals surface area (Å²) in [5.74, 6) is 0.952. The quantitative estimate of drug-likeness (QED) is 0.297. The highest BCUT2D eigenvalue weighted by molar-refractivity contribution is 6.44. The van der Waals surface area contributed by atoms with Gasteiger partial charge in [-0.1, -0.05) is 65.1 Å². The van der Waals surface area contributed by atoms with Crippen LogP contribution in [0.2, 0.25) is 15.1 Å². The van der Waals surface area contributed by atoms with E-state index in [0.717, 1.165) is 60.9 Å². The number of imidazole rings is 1. The highest BCUT2D eigenvalue weighted by Crippen LogP contribution is 2.31. The van der Waals surface area contributed by atoms with E-state index >= 15 is 0 Å². The van der Waals surface area contributed by atoms with Crippen molar-refractivity contribution < 1.29 is 4.79 Å². The highest BCUT2D eigenvalue weighted by atomic mass is 35.5. The number of aromatic nitrogens is 2. The molecule has 0 unspecified atom stereocenters. The Morgan fingerprint density at radius 2 is 1.66 bits per heavy atom. The van der Waals surface area contributed by atoms with Crippen LogP contribution in [0.3, 0.4) is 0 Å². The molecular weight excluding hydrogens is 503 g/mol. The molecule has 1 saturated heterocycles. The van der Waals surface area contributed by atoms with E-state index in [0.29, 0.717) is 15.7 Å². The highest BCUT2D eigenvalue weighted by Gasteiger charge is 2.26. The molecule has 0 radical (unpaired) electrons. The fraction of sp³-hybridized carbons (Fsp3) is 0.259. The molecule has 0 bridgehead atoms. The second-order valence-corrected chi connectivity index (χ2v) is 10.1. The molecule has 3 aromatic carbocycles. The summed E-state index contributed by atoms with van der Waals surface area (Å²) in [6.45, 7) is 3.11. The summed E-state index contributed by atoms with van der Waals surface area (Å²) in [7, 11) is 0. The van der Waals surface area contributed by atoms with Gasteiger partial charge in [-0.2, -0.15) is 0 Å². The van der Waals surface area contributed by atoms with Crippen LogP contribution in [-0.2, 0) is 17.9 Å². The van der Waals surface area contributed by atoms with E-state index in [1.54, 1.807) is 18.2 Å². The molecule has 0 atom stereocenters. The molecule has 1 N–H and O–H groups in total. The topological polar surface area (TPSA) is 50.2 Å². The van der Waals surface area contributed by atoms with Crippen molar-refractivity contribution >= 4 is 57.4 Å². The van der Waals surface area contributed by atoms with Gasteiger partial charge in [0.25, 0.3) is 0 Å². The first-order chi connectivity index (χ1) is 17.0. The third-order valence-electron chi connectivity index (χ3n) is 6.52. The first-order valence-corrected chi connectivity index (χ1v) is 12.8. The van der Waals surface area contributed by atoms with Gasteiger partial charge in [0.1, 0.15) is 5.82 Å². The van der Waals surface area contributed by atoms with E-state index in [4.69, 9.17) is 39.8 Å². The summed E-state index contributed by atoms with van der Waals surface area (Å²) in [5.41, 5.74) is 3.84. The zero-order chi connectivity index (χ0) is 24.4. The van der Waals surface area contributed by atoms with Crippen LogP contribution < -0.4 is 5.32 Å². The van der Waals surface area contributed by atoms with Crippen LogP contribution in [0.5, 0.6) is 0 Å². The van der Waals surface area contributed by atoms with E-state index in [9.17, 15) is 4.79 Å². The monoisotopic (exact) mass is 526 g/mol. The number of hydrogen-bond acceptors (Lipinski definition) is 3. The minimum atomic E-state index is -0.0609. The number of amides is 1. The molecule has 1 amide bonds. The van der Waals surface area contributed by atoms with Crippen molar-refractivity contribution in [3.05, 3.63) is 93.2 Å². The van der Waals surface area contributed by atoms with E-state index in [1.807, 2.05) is 24.3 Å². The van der Waals surface area contributed by atoms with Gasteiger partial charge >= 0.3 is 0 Å². The van der Waals surface area contributed by atoms with Crippen LogP contribution in [0.25, 0.3) is 11.0 Å². The number of rotatable bonds is 6. The van der Waals surface area contributed by atoms with Gasteiger partial charge in [-0.05, 0) is 67.9 Å². The van der Waals surface area contributed by atoms with Crippen molar-refractivity contribution in [1.29, 1.82) is 0 Å². The lowest BCUT2D eigenvalue weighted by molar-refractivity contribution is -0.121. The zero-order valence-corrected chi connectivity index (χ0v) is 21.3. The van der Waals surface area contributed by atoms with Crippen LogP contribution in [0.4, 0.5) is 5.69 Å². The summed E-state index contributed by atoms with van der Waals surface area (Å²) >= 11 is 18.4. The minimum absolute atomic E-state index is 0.0104. The average molecular weight is 528 g/mol.